The summed E-state index contributed by atoms with van der Waals surface area (Å²) in [7, 11) is 0. The predicted molar refractivity (Wildman–Crippen MR) is 95.9 cm³/mol. The second-order valence-electron chi connectivity index (χ2n) is 6.00. The Morgan fingerprint density at radius 3 is 2.28 bits per heavy atom. The number of hydrogen-bond acceptors (Lipinski definition) is 3. The van der Waals surface area contributed by atoms with Crippen LogP contribution in [0, 0.1) is 0 Å². The minimum absolute atomic E-state index is 0.0523. The molecule has 0 saturated carbocycles. The number of benzene rings is 1. The van der Waals surface area contributed by atoms with Crippen molar-refractivity contribution in [2.24, 2.45) is 0 Å². The van der Waals surface area contributed by atoms with Gasteiger partial charge in [-0.1, -0.05) is 37.3 Å². The quantitative estimate of drug-likeness (QED) is 0.805. The third-order valence-electron chi connectivity index (χ3n) is 4.38. The highest BCUT2D eigenvalue weighted by molar-refractivity contribution is 5.98. The maximum Gasteiger partial charge on any atom is 0.289 e. The van der Waals surface area contributed by atoms with E-state index in [1.165, 1.54) is 6.26 Å². The van der Waals surface area contributed by atoms with Crippen molar-refractivity contribution in [3.8, 4) is 0 Å². The van der Waals surface area contributed by atoms with Gasteiger partial charge >= 0.3 is 0 Å². The summed E-state index contributed by atoms with van der Waals surface area (Å²) < 4.78 is 5.16. The van der Waals surface area contributed by atoms with Crippen LogP contribution in [0.3, 0.4) is 0 Å². The van der Waals surface area contributed by atoms with Crippen LogP contribution in [-0.4, -0.2) is 47.8 Å². The van der Waals surface area contributed by atoms with Crippen LogP contribution in [0.5, 0.6) is 0 Å². The number of rotatable bonds is 4. The maximum absolute atomic E-state index is 12.8. The molecule has 1 aromatic carbocycles. The maximum atomic E-state index is 12.8. The van der Waals surface area contributed by atoms with Gasteiger partial charge < -0.3 is 14.2 Å². The molecule has 0 atom stereocenters. The Labute approximate surface area is 147 Å². The summed E-state index contributed by atoms with van der Waals surface area (Å²) in [6.45, 7) is 4.11. The fraction of sp³-hybridized carbons (Fsp3) is 0.300. The Morgan fingerprint density at radius 2 is 1.68 bits per heavy atom. The lowest BCUT2D eigenvalue weighted by atomic mass is 10.1. The molecule has 1 aromatic heterocycles. The van der Waals surface area contributed by atoms with Crippen LogP contribution in [-0.2, 0) is 4.79 Å². The van der Waals surface area contributed by atoms with E-state index in [9.17, 15) is 9.59 Å². The van der Waals surface area contributed by atoms with Gasteiger partial charge in [-0.05, 0) is 30.2 Å². The van der Waals surface area contributed by atoms with Crippen molar-refractivity contribution < 1.29 is 14.0 Å². The van der Waals surface area contributed by atoms with Crippen molar-refractivity contribution in [1.82, 2.24) is 9.80 Å². The van der Waals surface area contributed by atoms with Gasteiger partial charge in [0.05, 0.1) is 6.26 Å². The molecule has 1 fully saturated rings. The number of amides is 2. The molecule has 2 heterocycles. The molecule has 1 saturated heterocycles. The summed E-state index contributed by atoms with van der Waals surface area (Å²) in [4.78, 5) is 28.6. The van der Waals surface area contributed by atoms with Crippen LogP contribution in [0.1, 0.15) is 29.5 Å². The first kappa shape index (κ1) is 17.0. The molecule has 0 aliphatic carbocycles. The minimum atomic E-state index is -0.118. The van der Waals surface area contributed by atoms with Crippen LogP contribution in [0.25, 0.3) is 6.08 Å². The van der Waals surface area contributed by atoms with Gasteiger partial charge in [-0.25, -0.2) is 0 Å². The summed E-state index contributed by atoms with van der Waals surface area (Å²) in [5, 5.41) is 0. The number of carbonyl (C=O) groups is 2. The molecule has 2 amide bonds. The van der Waals surface area contributed by atoms with Gasteiger partial charge in [0.15, 0.2) is 5.76 Å². The molecule has 0 unspecified atom stereocenters. The zero-order valence-electron chi connectivity index (χ0n) is 14.4. The standard InChI is InChI=1S/C20H22N2O3/c1-2-17(15-16-7-4-3-5-8-16)19(23)21-10-12-22(13-11-21)20(24)18-9-6-14-25-18/h3-9,14-15H,2,10-13H2,1H3/b17-15+. The van der Waals surface area contributed by atoms with Crippen LogP contribution in [0.15, 0.2) is 58.7 Å². The summed E-state index contributed by atoms with van der Waals surface area (Å²) in [6.07, 6.45) is 4.12. The van der Waals surface area contributed by atoms with E-state index in [0.29, 0.717) is 38.4 Å². The lowest BCUT2D eigenvalue weighted by molar-refractivity contribution is -0.128. The van der Waals surface area contributed by atoms with Gasteiger partial charge in [0, 0.05) is 31.8 Å². The average molecular weight is 338 g/mol. The topological polar surface area (TPSA) is 53.8 Å². The van der Waals surface area contributed by atoms with Crippen LogP contribution in [0.4, 0.5) is 0 Å². The Morgan fingerprint density at radius 1 is 1.00 bits per heavy atom. The van der Waals surface area contributed by atoms with Gasteiger partial charge in [0.25, 0.3) is 5.91 Å². The third-order valence-corrected chi connectivity index (χ3v) is 4.38. The highest BCUT2D eigenvalue weighted by Gasteiger charge is 2.26. The summed E-state index contributed by atoms with van der Waals surface area (Å²) in [6, 6.07) is 13.2. The fourth-order valence-electron chi connectivity index (χ4n) is 2.94. The molecule has 5 heteroatoms. The van der Waals surface area contributed by atoms with Gasteiger partial charge in [-0.3, -0.25) is 9.59 Å². The van der Waals surface area contributed by atoms with E-state index < -0.39 is 0 Å². The van der Waals surface area contributed by atoms with Gasteiger partial charge in [-0.15, -0.1) is 0 Å². The minimum Gasteiger partial charge on any atom is -0.459 e. The number of carbonyl (C=O) groups excluding carboxylic acids is 2. The van der Waals surface area contributed by atoms with Crippen molar-refractivity contribution in [2.75, 3.05) is 26.2 Å². The first-order chi connectivity index (χ1) is 12.2. The molecule has 5 nitrogen and oxygen atoms in total. The highest BCUT2D eigenvalue weighted by atomic mass is 16.3. The molecular formula is C20H22N2O3. The van der Waals surface area contributed by atoms with Crippen molar-refractivity contribution in [1.29, 1.82) is 0 Å². The lowest BCUT2D eigenvalue weighted by Gasteiger charge is -2.34. The van der Waals surface area contributed by atoms with E-state index in [2.05, 4.69) is 0 Å². The van der Waals surface area contributed by atoms with Gasteiger partial charge in [0.1, 0.15) is 0 Å². The second-order valence-corrected chi connectivity index (χ2v) is 6.00. The zero-order valence-corrected chi connectivity index (χ0v) is 14.4. The predicted octanol–water partition coefficient (Wildman–Crippen LogP) is 3.06. The molecule has 1 aliphatic rings. The first-order valence-corrected chi connectivity index (χ1v) is 8.56. The lowest BCUT2D eigenvalue weighted by Crippen LogP contribution is -2.50. The van der Waals surface area contributed by atoms with Crippen molar-refractivity contribution in [2.45, 2.75) is 13.3 Å². The fourth-order valence-corrected chi connectivity index (χ4v) is 2.94. The molecule has 2 aromatic rings. The van der Waals surface area contributed by atoms with Crippen molar-refractivity contribution in [3.63, 3.8) is 0 Å². The number of piperazine rings is 1. The molecule has 25 heavy (non-hydrogen) atoms. The van der Waals surface area contributed by atoms with Crippen molar-refractivity contribution >= 4 is 17.9 Å². The van der Waals surface area contributed by atoms with E-state index >= 15 is 0 Å². The summed E-state index contributed by atoms with van der Waals surface area (Å²) in [5.41, 5.74) is 1.82. The van der Waals surface area contributed by atoms with Crippen LogP contribution >= 0.6 is 0 Å². The normalized spacial score (nSPS) is 15.3. The zero-order chi connectivity index (χ0) is 17.6. The van der Waals surface area contributed by atoms with Gasteiger partial charge in [-0.2, -0.15) is 0 Å². The first-order valence-electron chi connectivity index (χ1n) is 8.56. The van der Waals surface area contributed by atoms with Gasteiger partial charge in [0.2, 0.25) is 5.91 Å². The molecular weight excluding hydrogens is 316 g/mol. The Kier molecular flexibility index (Phi) is 5.33. The third kappa shape index (κ3) is 3.99. The Hall–Kier alpha value is -2.82. The second kappa shape index (κ2) is 7.83. The van der Waals surface area contributed by atoms with E-state index in [1.807, 2.05) is 48.2 Å². The number of nitrogens with zero attached hydrogens (tertiary/aromatic N) is 2. The number of hydrogen-bond donors (Lipinski definition) is 0. The van der Waals surface area contributed by atoms with Crippen LogP contribution in [0.2, 0.25) is 0 Å². The summed E-state index contributed by atoms with van der Waals surface area (Å²) >= 11 is 0. The van der Waals surface area contributed by atoms with E-state index in [0.717, 1.165) is 11.1 Å². The molecule has 1 aliphatic heterocycles. The average Bonchev–Trinajstić information content (AvgIpc) is 3.21. The Balaban J connectivity index is 1.62. The largest absolute Gasteiger partial charge is 0.459 e. The molecule has 130 valence electrons. The number of furan rings is 1. The summed E-state index contributed by atoms with van der Waals surface area (Å²) in [5.74, 6) is 0.280. The van der Waals surface area contributed by atoms with E-state index in [1.54, 1.807) is 17.0 Å². The van der Waals surface area contributed by atoms with Crippen LogP contribution < -0.4 is 0 Å². The molecule has 0 N–H and O–H groups in total. The van der Waals surface area contributed by atoms with E-state index in [4.69, 9.17) is 4.42 Å². The van der Waals surface area contributed by atoms with E-state index in [-0.39, 0.29) is 11.8 Å². The molecule has 0 bridgehead atoms. The molecule has 0 spiro atoms. The SMILES string of the molecule is CC/C(=C\c1ccccc1)C(=O)N1CCN(C(=O)c2ccco2)CC1. The Bertz CT molecular complexity index is 743. The monoisotopic (exact) mass is 338 g/mol. The smallest absolute Gasteiger partial charge is 0.289 e. The molecule has 0 radical (unpaired) electrons. The molecule has 3 rings (SSSR count). The highest BCUT2D eigenvalue weighted by Crippen LogP contribution is 2.15. The van der Waals surface area contributed by atoms with Crippen molar-refractivity contribution in [3.05, 3.63) is 65.6 Å².